The SMILES string of the molecule is CN(CCC=C1c2ccccc2C=Cc2ccccc21)CC(=O)[O-]. The van der Waals surface area contributed by atoms with Gasteiger partial charge in [-0.3, -0.25) is 0 Å². The smallest absolute Gasteiger partial charge is 0.0554 e. The minimum Gasteiger partial charge on any atom is -0.549 e. The minimum atomic E-state index is -1.04. The summed E-state index contributed by atoms with van der Waals surface area (Å²) in [5, 5.41) is 10.7. The van der Waals surface area contributed by atoms with Crippen LogP contribution in [-0.4, -0.2) is 31.0 Å². The van der Waals surface area contributed by atoms with Gasteiger partial charge in [-0.25, -0.2) is 0 Å². The summed E-state index contributed by atoms with van der Waals surface area (Å²) in [6.07, 6.45) is 7.28. The van der Waals surface area contributed by atoms with Crippen LogP contribution in [0.5, 0.6) is 0 Å². The first-order valence-corrected chi connectivity index (χ1v) is 8.10. The number of carbonyl (C=O) groups is 1. The van der Waals surface area contributed by atoms with Crippen LogP contribution in [-0.2, 0) is 4.79 Å². The number of carboxylic acid groups (broad SMARTS) is 1. The molecule has 24 heavy (non-hydrogen) atoms. The van der Waals surface area contributed by atoms with Gasteiger partial charge in [0.2, 0.25) is 0 Å². The van der Waals surface area contributed by atoms with Gasteiger partial charge >= 0.3 is 0 Å². The third-order valence-corrected chi connectivity index (χ3v) is 4.20. The Morgan fingerprint density at radius 3 is 2.08 bits per heavy atom. The first-order chi connectivity index (χ1) is 11.6. The number of likely N-dealkylation sites (N-methyl/N-ethyl adjacent to an activating group) is 1. The molecule has 3 rings (SSSR count). The number of fused-ring (bicyclic) bond motifs is 2. The molecule has 3 heteroatoms. The maximum Gasteiger partial charge on any atom is 0.0554 e. The average Bonchev–Trinajstić information content (AvgIpc) is 2.72. The van der Waals surface area contributed by atoms with E-state index in [-0.39, 0.29) is 6.54 Å². The fourth-order valence-corrected chi connectivity index (χ4v) is 3.05. The second-order valence-corrected chi connectivity index (χ2v) is 6.02. The van der Waals surface area contributed by atoms with E-state index in [1.54, 1.807) is 11.9 Å². The molecule has 0 bridgehead atoms. The van der Waals surface area contributed by atoms with Crippen LogP contribution in [0.3, 0.4) is 0 Å². The van der Waals surface area contributed by atoms with Gasteiger partial charge in [0.05, 0.1) is 5.97 Å². The number of rotatable bonds is 5. The summed E-state index contributed by atoms with van der Waals surface area (Å²) in [6, 6.07) is 16.7. The van der Waals surface area contributed by atoms with Crippen molar-refractivity contribution < 1.29 is 9.90 Å². The topological polar surface area (TPSA) is 43.4 Å². The van der Waals surface area contributed by atoms with E-state index < -0.39 is 5.97 Å². The fraction of sp³-hybridized carbons (Fsp3) is 0.190. The Kier molecular flexibility index (Phi) is 4.92. The number of hydrogen-bond donors (Lipinski definition) is 0. The molecule has 0 spiro atoms. The number of nitrogens with zero attached hydrogens (tertiary/aromatic N) is 1. The van der Waals surface area contributed by atoms with E-state index in [2.05, 4.69) is 54.6 Å². The first-order valence-electron chi connectivity index (χ1n) is 8.10. The summed E-state index contributed by atoms with van der Waals surface area (Å²) in [6.45, 7) is 0.632. The Bertz CT molecular complexity index is 753. The van der Waals surface area contributed by atoms with Gasteiger partial charge in [-0.15, -0.1) is 0 Å². The molecule has 0 saturated carbocycles. The third kappa shape index (κ3) is 3.63. The predicted molar refractivity (Wildman–Crippen MR) is 96.0 cm³/mol. The Morgan fingerprint density at radius 2 is 1.54 bits per heavy atom. The summed E-state index contributed by atoms with van der Waals surface area (Å²) >= 11 is 0. The number of hydrogen-bond acceptors (Lipinski definition) is 3. The number of carboxylic acids is 1. The highest BCUT2D eigenvalue weighted by atomic mass is 16.4. The van der Waals surface area contributed by atoms with Crippen LogP contribution in [0.15, 0.2) is 54.6 Å². The molecule has 0 fully saturated rings. The van der Waals surface area contributed by atoms with Crippen molar-refractivity contribution in [3.8, 4) is 0 Å². The van der Waals surface area contributed by atoms with Crippen molar-refractivity contribution in [1.29, 1.82) is 0 Å². The zero-order chi connectivity index (χ0) is 16.9. The maximum atomic E-state index is 10.7. The molecular formula is C21H20NO2-. The van der Waals surface area contributed by atoms with E-state index in [9.17, 15) is 9.90 Å². The molecule has 0 saturated heterocycles. The van der Waals surface area contributed by atoms with Crippen molar-refractivity contribution >= 4 is 23.7 Å². The molecule has 1 aliphatic rings. The Morgan fingerprint density at radius 1 is 1.00 bits per heavy atom. The van der Waals surface area contributed by atoms with Gasteiger partial charge in [-0.05, 0) is 41.3 Å². The summed E-state index contributed by atoms with van der Waals surface area (Å²) in [7, 11) is 1.80. The molecule has 122 valence electrons. The number of carbonyl (C=O) groups excluding carboxylic acids is 1. The lowest BCUT2D eigenvalue weighted by Crippen LogP contribution is -2.36. The summed E-state index contributed by atoms with van der Waals surface area (Å²) in [5.74, 6) is -1.04. The van der Waals surface area contributed by atoms with Crippen molar-refractivity contribution in [1.82, 2.24) is 4.90 Å². The molecular weight excluding hydrogens is 298 g/mol. The number of benzene rings is 2. The van der Waals surface area contributed by atoms with Gasteiger partial charge in [0, 0.05) is 13.1 Å². The molecule has 0 N–H and O–H groups in total. The zero-order valence-corrected chi connectivity index (χ0v) is 13.7. The second-order valence-electron chi connectivity index (χ2n) is 6.02. The van der Waals surface area contributed by atoms with Crippen LogP contribution in [0.1, 0.15) is 28.7 Å². The Hall–Kier alpha value is -2.65. The highest BCUT2D eigenvalue weighted by Gasteiger charge is 2.14. The second kappa shape index (κ2) is 7.28. The van der Waals surface area contributed by atoms with Gasteiger partial charge < -0.3 is 14.8 Å². The van der Waals surface area contributed by atoms with Crippen LogP contribution in [0.25, 0.3) is 17.7 Å². The zero-order valence-electron chi connectivity index (χ0n) is 13.7. The molecule has 0 aromatic heterocycles. The van der Waals surface area contributed by atoms with E-state index >= 15 is 0 Å². The van der Waals surface area contributed by atoms with Crippen LogP contribution in [0, 0.1) is 0 Å². The fourth-order valence-electron chi connectivity index (χ4n) is 3.05. The monoisotopic (exact) mass is 318 g/mol. The Balaban J connectivity index is 1.92. The van der Waals surface area contributed by atoms with Gasteiger partial charge in [-0.1, -0.05) is 66.8 Å². The van der Waals surface area contributed by atoms with E-state index in [0.717, 1.165) is 6.42 Å². The maximum absolute atomic E-state index is 10.7. The largest absolute Gasteiger partial charge is 0.549 e. The molecule has 0 amide bonds. The van der Waals surface area contributed by atoms with E-state index in [4.69, 9.17) is 0 Å². The van der Waals surface area contributed by atoms with Crippen LogP contribution < -0.4 is 5.11 Å². The minimum absolute atomic E-state index is 0.0437. The lowest BCUT2D eigenvalue weighted by molar-refractivity contribution is -0.306. The number of aliphatic carboxylic acids is 1. The first kappa shape index (κ1) is 16.2. The van der Waals surface area contributed by atoms with E-state index in [1.807, 2.05) is 12.1 Å². The van der Waals surface area contributed by atoms with Crippen LogP contribution in [0.4, 0.5) is 0 Å². The normalized spacial score (nSPS) is 12.5. The standard InChI is InChI=1S/C21H21NO2/c1-22(15-21(23)24)14-6-11-20-18-9-4-2-7-16(18)12-13-17-8-3-5-10-19(17)20/h2-5,7-13H,6,14-15H2,1H3,(H,23,24)/p-1. The van der Waals surface area contributed by atoms with Crippen LogP contribution >= 0.6 is 0 Å². The van der Waals surface area contributed by atoms with Crippen molar-refractivity contribution in [2.45, 2.75) is 6.42 Å². The van der Waals surface area contributed by atoms with Gasteiger partial charge in [0.25, 0.3) is 0 Å². The third-order valence-electron chi connectivity index (χ3n) is 4.20. The van der Waals surface area contributed by atoms with Gasteiger partial charge in [0.1, 0.15) is 0 Å². The van der Waals surface area contributed by atoms with Crippen LogP contribution in [0.2, 0.25) is 0 Å². The predicted octanol–water partition coefficient (Wildman–Crippen LogP) is 2.67. The van der Waals surface area contributed by atoms with Crippen molar-refractivity contribution in [2.75, 3.05) is 20.1 Å². The van der Waals surface area contributed by atoms with Crippen molar-refractivity contribution in [3.05, 3.63) is 76.9 Å². The quantitative estimate of drug-likeness (QED) is 0.726. The average molecular weight is 318 g/mol. The summed E-state index contributed by atoms with van der Waals surface area (Å²) in [5.41, 5.74) is 6.02. The molecule has 0 aliphatic heterocycles. The highest BCUT2D eigenvalue weighted by Crippen LogP contribution is 2.33. The molecule has 1 aliphatic carbocycles. The lowest BCUT2D eigenvalue weighted by atomic mass is 9.93. The van der Waals surface area contributed by atoms with E-state index in [1.165, 1.54) is 27.8 Å². The molecule has 0 atom stereocenters. The molecule has 2 aromatic rings. The Labute approximate surface area is 142 Å². The molecule has 0 unspecified atom stereocenters. The van der Waals surface area contributed by atoms with E-state index in [0.29, 0.717) is 6.54 Å². The molecule has 3 nitrogen and oxygen atoms in total. The highest BCUT2D eigenvalue weighted by molar-refractivity contribution is 5.93. The lowest BCUT2D eigenvalue weighted by Gasteiger charge is -2.17. The molecule has 0 radical (unpaired) electrons. The van der Waals surface area contributed by atoms with Gasteiger partial charge in [-0.2, -0.15) is 0 Å². The van der Waals surface area contributed by atoms with Crippen molar-refractivity contribution in [2.24, 2.45) is 0 Å². The summed E-state index contributed by atoms with van der Waals surface area (Å²) < 4.78 is 0. The molecule has 2 aromatic carbocycles. The molecule has 0 heterocycles. The van der Waals surface area contributed by atoms with Crippen molar-refractivity contribution in [3.63, 3.8) is 0 Å². The van der Waals surface area contributed by atoms with Gasteiger partial charge in [0.15, 0.2) is 0 Å². The summed E-state index contributed by atoms with van der Waals surface area (Å²) in [4.78, 5) is 12.4.